The molecule has 3 fully saturated rings. The molecule has 0 aromatic carbocycles. The number of ether oxygens (including phenoxy) is 2. The largest absolute Gasteiger partial charge is 0.379 e. The molecule has 0 unspecified atom stereocenters. The van der Waals surface area contributed by atoms with Crippen LogP contribution in [0.5, 0.6) is 0 Å². The van der Waals surface area contributed by atoms with Crippen molar-refractivity contribution < 1.29 is 23.0 Å². The van der Waals surface area contributed by atoms with Gasteiger partial charge in [0.25, 0.3) is 0 Å². The maximum Gasteiger partial charge on any atom is 0.345 e. The molecule has 2 aliphatic heterocycles. The highest BCUT2D eigenvalue weighted by Crippen LogP contribution is 2.44. The standard InChI is InChI=1S/C12H18F2N2O3/c13-11(14)19-9-7-15(8-9)10(17)12(1-2-12)16-3-5-18-6-4-16/h9,11H,1-8H2. The third-order valence-electron chi connectivity index (χ3n) is 4.17. The summed E-state index contributed by atoms with van der Waals surface area (Å²) in [5, 5.41) is 0. The number of amides is 1. The molecule has 0 atom stereocenters. The van der Waals surface area contributed by atoms with Crippen LogP contribution in [0.15, 0.2) is 0 Å². The van der Waals surface area contributed by atoms with Crippen molar-refractivity contribution >= 4 is 5.91 Å². The van der Waals surface area contributed by atoms with Crippen LogP contribution < -0.4 is 0 Å². The molecule has 3 rings (SSSR count). The Hall–Kier alpha value is -0.790. The molecule has 19 heavy (non-hydrogen) atoms. The van der Waals surface area contributed by atoms with E-state index in [1.165, 1.54) is 0 Å². The van der Waals surface area contributed by atoms with E-state index in [-0.39, 0.29) is 24.5 Å². The number of hydrogen-bond acceptors (Lipinski definition) is 4. The first-order valence-corrected chi connectivity index (χ1v) is 6.68. The van der Waals surface area contributed by atoms with Gasteiger partial charge in [0.1, 0.15) is 5.54 Å². The van der Waals surface area contributed by atoms with E-state index in [1.807, 2.05) is 0 Å². The van der Waals surface area contributed by atoms with Crippen LogP contribution in [0.25, 0.3) is 0 Å². The lowest BCUT2D eigenvalue weighted by molar-refractivity contribution is -0.201. The zero-order valence-electron chi connectivity index (χ0n) is 10.7. The smallest absolute Gasteiger partial charge is 0.345 e. The summed E-state index contributed by atoms with van der Waals surface area (Å²) in [6, 6.07) is 0. The molecule has 0 N–H and O–H groups in total. The number of carbonyl (C=O) groups excluding carboxylic acids is 1. The third kappa shape index (κ3) is 2.46. The zero-order chi connectivity index (χ0) is 13.5. The maximum absolute atomic E-state index is 12.4. The fourth-order valence-electron chi connectivity index (χ4n) is 2.90. The molecule has 0 bridgehead atoms. The van der Waals surface area contributed by atoms with Crippen LogP contribution in [0.2, 0.25) is 0 Å². The Labute approximate surface area is 110 Å². The zero-order valence-corrected chi connectivity index (χ0v) is 10.7. The van der Waals surface area contributed by atoms with Crippen molar-refractivity contribution in [2.75, 3.05) is 39.4 Å². The number of rotatable bonds is 4. The van der Waals surface area contributed by atoms with Crippen molar-refractivity contribution in [3.63, 3.8) is 0 Å². The number of halogens is 2. The molecule has 0 radical (unpaired) electrons. The van der Waals surface area contributed by atoms with Crippen LogP contribution in [0.3, 0.4) is 0 Å². The van der Waals surface area contributed by atoms with Gasteiger partial charge in [0, 0.05) is 26.2 Å². The second-order valence-corrected chi connectivity index (χ2v) is 5.36. The van der Waals surface area contributed by atoms with Crippen molar-refractivity contribution in [1.29, 1.82) is 0 Å². The molecule has 108 valence electrons. The first-order valence-electron chi connectivity index (χ1n) is 6.68. The van der Waals surface area contributed by atoms with Gasteiger partial charge in [0.05, 0.1) is 19.3 Å². The van der Waals surface area contributed by atoms with Crippen molar-refractivity contribution in [3.8, 4) is 0 Å². The second kappa shape index (κ2) is 4.96. The lowest BCUT2D eigenvalue weighted by Gasteiger charge is -2.43. The molecular weight excluding hydrogens is 258 g/mol. The summed E-state index contributed by atoms with van der Waals surface area (Å²) >= 11 is 0. The second-order valence-electron chi connectivity index (χ2n) is 5.36. The van der Waals surface area contributed by atoms with Gasteiger partial charge >= 0.3 is 6.61 Å². The predicted octanol–water partition coefficient (Wildman–Crippen LogP) is 0.301. The molecule has 2 heterocycles. The Morgan fingerprint density at radius 3 is 2.42 bits per heavy atom. The van der Waals surface area contributed by atoms with E-state index in [0.717, 1.165) is 25.9 Å². The normalized spacial score (nSPS) is 27.4. The molecule has 1 amide bonds. The van der Waals surface area contributed by atoms with E-state index in [0.29, 0.717) is 13.2 Å². The Morgan fingerprint density at radius 2 is 1.89 bits per heavy atom. The number of nitrogens with zero attached hydrogens (tertiary/aromatic N) is 2. The molecule has 5 nitrogen and oxygen atoms in total. The molecule has 1 saturated carbocycles. The highest BCUT2D eigenvalue weighted by molar-refractivity contribution is 5.90. The van der Waals surface area contributed by atoms with Crippen molar-refractivity contribution in [2.45, 2.75) is 31.1 Å². The molecular formula is C12H18F2N2O3. The number of hydrogen-bond donors (Lipinski definition) is 0. The minimum absolute atomic E-state index is 0.0727. The Kier molecular flexibility index (Phi) is 3.44. The van der Waals surface area contributed by atoms with Crippen LogP contribution in [0.4, 0.5) is 8.78 Å². The Morgan fingerprint density at radius 1 is 1.26 bits per heavy atom. The number of likely N-dealkylation sites (tertiary alicyclic amines) is 1. The van der Waals surface area contributed by atoms with Crippen LogP contribution in [0.1, 0.15) is 12.8 Å². The monoisotopic (exact) mass is 276 g/mol. The van der Waals surface area contributed by atoms with Crippen LogP contribution in [0, 0.1) is 0 Å². The average molecular weight is 276 g/mol. The summed E-state index contributed by atoms with van der Waals surface area (Å²) in [6.07, 6.45) is 1.22. The van der Waals surface area contributed by atoms with Gasteiger partial charge in [-0.2, -0.15) is 8.78 Å². The highest BCUT2D eigenvalue weighted by Gasteiger charge is 2.57. The van der Waals surface area contributed by atoms with E-state index in [1.54, 1.807) is 4.90 Å². The molecule has 1 aliphatic carbocycles. The third-order valence-corrected chi connectivity index (χ3v) is 4.17. The van der Waals surface area contributed by atoms with Crippen LogP contribution >= 0.6 is 0 Å². The van der Waals surface area contributed by atoms with E-state index in [4.69, 9.17) is 4.74 Å². The van der Waals surface area contributed by atoms with Gasteiger partial charge in [-0.15, -0.1) is 0 Å². The van der Waals surface area contributed by atoms with Crippen LogP contribution in [-0.4, -0.2) is 73.4 Å². The van der Waals surface area contributed by atoms with Crippen molar-refractivity contribution in [3.05, 3.63) is 0 Å². The summed E-state index contributed by atoms with van der Waals surface area (Å²) in [5.74, 6) is 0.0727. The van der Waals surface area contributed by atoms with E-state index < -0.39 is 12.7 Å². The topological polar surface area (TPSA) is 42.0 Å². The summed E-state index contributed by atoms with van der Waals surface area (Å²) in [6.45, 7) is 0.687. The summed E-state index contributed by atoms with van der Waals surface area (Å²) < 4.78 is 33.7. The average Bonchev–Trinajstić information content (AvgIpc) is 3.15. The molecule has 0 aromatic rings. The van der Waals surface area contributed by atoms with Gasteiger partial charge in [-0.1, -0.05) is 0 Å². The minimum atomic E-state index is -2.75. The summed E-state index contributed by atoms with van der Waals surface area (Å²) in [7, 11) is 0. The molecule has 0 spiro atoms. The van der Waals surface area contributed by atoms with Crippen LogP contribution in [-0.2, 0) is 14.3 Å². The first kappa shape index (κ1) is 13.2. The van der Waals surface area contributed by atoms with Gasteiger partial charge in [0.2, 0.25) is 5.91 Å². The fraction of sp³-hybridized carbons (Fsp3) is 0.917. The molecule has 0 aromatic heterocycles. The van der Waals surface area contributed by atoms with Gasteiger partial charge in [-0.3, -0.25) is 9.69 Å². The number of alkyl halides is 2. The van der Waals surface area contributed by atoms with E-state index in [9.17, 15) is 13.6 Å². The lowest BCUT2D eigenvalue weighted by atomic mass is 10.1. The Bertz CT molecular complexity index is 351. The van der Waals surface area contributed by atoms with Crippen molar-refractivity contribution in [1.82, 2.24) is 9.80 Å². The number of carbonyl (C=O) groups is 1. The molecule has 3 aliphatic rings. The van der Waals surface area contributed by atoms with Crippen molar-refractivity contribution in [2.24, 2.45) is 0 Å². The van der Waals surface area contributed by atoms with E-state index in [2.05, 4.69) is 9.64 Å². The van der Waals surface area contributed by atoms with Gasteiger partial charge in [0.15, 0.2) is 0 Å². The van der Waals surface area contributed by atoms with Gasteiger partial charge in [-0.25, -0.2) is 0 Å². The number of morpholine rings is 1. The summed E-state index contributed by atoms with van der Waals surface area (Å²) in [4.78, 5) is 16.3. The van der Waals surface area contributed by atoms with E-state index >= 15 is 0 Å². The Balaban J connectivity index is 1.53. The predicted molar refractivity (Wildman–Crippen MR) is 61.8 cm³/mol. The first-order chi connectivity index (χ1) is 9.12. The minimum Gasteiger partial charge on any atom is -0.379 e. The highest BCUT2D eigenvalue weighted by atomic mass is 19.3. The lowest BCUT2D eigenvalue weighted by Crippen LogP contribution is -2.62. The van der Waals surface area contributed by atoms with Gasteiger partial charge in [-0.05, 0) is 12.8 Å². The fourth-order valence-corrected chi connectivity index (χ4v) is 2.90. The quantitative estimate of drug-likeness (QED) is 0.741. The van der Waals surface area contributed by atoms with Gasteiger partial charge < -0.3 is 14.4 Å². The summed E-state index contributed by atoms with van der Waals surface area (Å²) in [5.41, 5.74) is -0.375. The maximum atomic E-state index is 12.4. The molecule has 2 saturated heterocycles. The molecule has 7 heteroatoms. The SMILES string of the molecule is O=C(N1CC(OC(F)F)C1)C1(N2CCOCC2)CC1.